The van der Waals surface area contributed by atoms with Gasteiger partial charge in [-0.05, 0) is 30.9 Å². The zero-order valence-corrected chi connectivity index (χ0v) is 12.1. The summed E-state index contributed by atoms with van der Waals surface area (Å²) in [7, 11) is 0. The van der Waals surface area contributed by atoms with Gasteiger partial charge in [-0.15, -0.1) is 0 Å². The molecule has 1 heterocycles. The van der Waals surface area contributed by atoms with Crippen LogP contribution >= 0.6 is 0 Å². The first-order chi connectivity index (χ1) is 9.67. The molecule has 0 aliphatic heterocycles. The summed E-state index contributed by atoms with van der Waals surface area (Å²) < 4.78 is 0. The molecular weight excluding hydrogens is 248 g/mol. The maximum Gasteiger partial charge on any atom is 0.146 e. The normalized spacial score (nSPS) is 10.1. The highest BCUT2D eigenvalue weighted by molar-refractivity contribution is 5.65. The van der Waals surface area contributed by atoms with Crippen molar-refractivity contribution in [3.05, 3.63) is 46.9 Å². The molecule has 1 aromatic carbocycles. The maximum absolute atomic E-state index is 8.99. The molecule has 102 valence electrons. The number of aryl methyl sites for hydroxylation is 3. The largest absolute Gasteiger partial charge is 0.340 e. The Morgan fingerprint density at radius 1 is 1.15 bits per heavy atom. The molecule has 20 heavy (non-hydrogen) atoms. The molecule has 0 saturated heterocycles. The summed E-state index contributed by atoms with van der Waals surface area (Å²) in [6.07, 6.45) is 1.90. The van der Waals surface area contributed by atoms with Crippen molar-refractivity contribution in [2.24, 2.45) is 0 Å². The summed E-state index contributed by atoms with van der Waals surface area (Å²) in [6.45, 7) is 6.05. The molecule has 0 saturated carbocycles. The van der Waals surface area contributed by atoms with E-state index < -0.39 is 0 Å². The van der Waals surface area contributed by atoms with Gasteiger partial charge in [0, 0.05) is 11.8 Å². The SMILES string of the molecule is CCc1cccc(CC)c1Nc1cc(C#N)nc(C)n1. The minimum absolute atomic E-state index is 0.382. The molecule has 2 rings (SSSR count). The fourth-order valence-electron chi connectivity index (χ4n) is 2.22. The number of nitrogens with zero attached hydrogens (tertiary/aromatic N) is 3. The Bertz CT molecular complexity index is 634. The van der Waals surface area contributed by atoms with Gasteiger partial charge < -0.3 is 5.32 Å². The quantitative estimate of drug-likeness (QED) is 0.919. The highest BCUT2D eigenvalue weighted by atomic mass is 15.0. The van der Waals surface area contributed by atoms with Gasteiger partial charge in [0.05, 0.1) is 0 Å². The van der Waals surface area contributed by atoms with Gasteiger partial charge in [-0.2, -0.15) is 5.26 Å². The Kier molecular flexibility index (Phi) is 4.31. The third-order valence-electron chi connectivity index (χ3n) is 3.20. The summed E-state index contributed by atoms with van der Waals surface area (Å²) in [5.41, 5.74) is 3.98. The number of hydrogen-bond donors (Lipinski definition) is 1. The van der Waals surface area contributed by atoms with Crippen molar-refractivity contribution < 1.29 is 0 Å². The fraction of sp³-hybridized carbons (Fsp3) is 0.312. The van der Waals surface area contributed by atoms with Crippen molar-refractivity contribution in [1.82, 2.24) is 9.97 Å². The number of benzene rings is 1. The number of aromatic nitrogens is 2. The van der Waals surface area contributed by atoms with E-state index in [2.05, 4.69) is 53.4 Å². The predicted molar refractivity (Wildman–Crippen MR) is 80.0 cm³/mol. The predicted octanol–water partition coefficient (Wildman–Crippen LogP) is 3.53. The van der Waals surface area contributed by atoms with Crippen LogP contribution in [0.4, 0.5) is 11.5 Å². The molecule has 1 aromatic heterocycles. The van der Waals surface area contributed by atoms with E-state index in [0.29, 0.717) is 17.3 Å². The zero-order chi connectivity index (χ0) is 14.5. The van der Waals surface area contributed by atoms with Crippen LogP contribution in [0.3, 0.4) is 0 Å². The van der Waals surface area contributed by atoms with Crippen LogP contribution in [0, 0.1) is 18.3 Å². The van der Waals surface area contributed by atoms with E-state index in [9.17, 15) is 0 Å². The van der Waals surface area contributed by atoms with Crippen molar-refractivity contribution in [1.29, 1.82) is 5.26 Å². The van der Waals surface area contributed by atoms with Crippen LogP contribution in [0.2, 0.25) is 0 Å². The molecule has 0 aliphatic carbocycles. The van der Waals surface area contributed by atoms with E-state index in [0.717, 1.165) is 18.5 Å². The van der Waals surface area contributed by atoms with Crippen LogP contribution in [0.5, 0.6) is 0 Å². The van der Waals surface area contributed by atoms with E-state index in [4.69, 9.17) is 5.26 Å². The summed E-state index contributed by atoms with van der Waals surface area (Å²) in [5, 5.41) is 12.3. The van der Waals surface area contributed by atoms with E-state index >= 15 is 0 Å². The van der Waals surface area contributed by atoms with Gasteiger partial charge in [-0.1, -0.05) is 32.0 Å². The molecule has 1 N–H and O–H groups in total. The second-order valence-corrected chi connectivity index (χ2v) is 4.58. The number of hydrogen-bond acceptors (Lipinski definition) is 4. The Hall–Kier alpha value is -2.41. The lowest BCUT2D eigenvalue weighted by Gasteiger charge is -2.15. The highest BCUT2D eigenvalue weighted by Crippen LogP contribution is 2.25. The maximum atomic E-state index is 8.99. The molecule has 0 radical (unpaired) electrons. The highest BCUT2D eigenvalue weighted by Gasteiger charge is 2.08. The molecule has 0 aliphatic rings. The van der Waals surface area contributed by atoms with E-state index in [-0.39, 0.29) is 0 Å². The summed E-state index contributed by atoms with van der Waals surface area (Å²) in [5.74, 6) is 1.27. The van der Waals surface area contributed by atoms with Crippen LogP contribution in [0.25, 0.3) is 0 Å². The average Bonchev–Trinajstić information content (AvgIpc) is 2.46. The molecular formula is C16H18N4. The first-order valence-electron chi connectivity index (χ1n) is 6.81. The monoisotopic (exact) mass is 266 g/mol. The molecule has 0 atom stereocenters. The van der Waals surface area contributed by atoms with Crippen molar-refractivity contribution >= 4 is 11.5 Å². The summed E-state index contributed by atoms with van der Waals surface area (Å²) in [6, 6.07) is 10.0. The topological polar surface area (TPSA) is 61.6 Å². The number of nitrogens with one attached hydrogen (secondary N) is 1. The fourth-order valence-corrected chi connectivity index (χ4v) is 2.22. The first-order valence-corrected chi connectivity index (χ1v) is 6.81. The van der Waals surface area contributed by atoms with E-state index in [1.807, 2.05) is 0 Å². The van der Waals surface area contributed by atoms with E-state index in [1.54, 1.807) is 13.0 Å². The average molecular weight is 266 g/mol. The molecule has 0 fully saturated rings. The van der Waals surface area contributed by atoms with Crippen LogP contribution < -0.4 is 5.32 Å². The van der Waals surface area contributed by atoms with Gasteiger partial charge in [0.25, 0.3) is 0 Å². The third-order valence-corrected chi connectivity index (χ3v) is 3.20. The zero-order valence-electron chi connectivity index (χ0n) is 12.1. The number of rotatable bonds is 4. The van der Waals surface area contributed by atoms with Crippen molar-refractivity contribution in [3.8, 4) is 6.07 Å². The third kappa shape index (κ3) is 2.94. The lowest BCUT2D eigenvalue weighted by atomic mass is 10.0. The van der Waals surface area contributed by atoms with Crippen LogP contribution in [-0.2, 0) is 12.8 Å². The molecule has 0 amide bonds. The Labute approximate surface area is 119 Å². The van der Waals surface area contributed by atoms with Gasteiger partial charge in [0.2, 0.25) is 0 Å². The molecule has 0 spiro atoms. The molecule has 4 heteroatoms. The molecule has 2 aromatic rings. The number of para-hydroxylation sites is 1. The first kappa shape index (κ1) is 14.0. The molecule has 4 nitrogen and oxygen atoms in total. The molecule has 0 unspecified atom stereocenters. The van der Waals surface area contributed by atoms with Crippen LogP contribution in [0.1, 0.15) is 36.5 Å². The van der Waals surface area contributed by atoms with Gasteiger partial charge in [-0.3, -0.25) is 0 Å². The van der Waals surface area contributed by atoms with Gasteiger partial charge >= 0.3 is 0 Å². The van der Waals surface area contributed by atoms with Crippen molar-refractivity contribution in [3.63, 3.8) is 0 Å². The van der Waals surface area contributed by atoms with Gasteiger partial charge in [0.1, 0.15) is 23.4 Å². The number of nitriles is 1. The Morgan fingerprint density at radius 3 is 2.35 bits per heavy atom. The lowest BCUT2D eigenvalue weighted by Crippen LogP contribution is -2.03. The smallest absolute Gasteiger partial charge is 0.146 e. The van der Waals surface area contributed by atoms with Crippen LogP contribution in [-0.4, -0.2) is 9.97 Å². The Morgan fingerprint density at radius 2 is 1.80 bits per heavy atom. The standard InChI is InChI=1S/C16H18N4/c1-4-12-7-6-8-13(5-2)16(12)20-15-9-14(10-17)18-11(3)19-15/h6-9H,4-5H2,1-3H3,(H,18,19,20). The summed E-state index contributed by atoms with van der Waals surface area (Å²) in [4.78, 5) is 8.42. The minimum Gasteiger partial charge on any atom is -0.340 e. The second-order valence-electron chi connectivity index (χ2n) is 4.58. The van der Waals surface area contributed by atoms with Gasteiger partial charge in [0.15, 0.2) is 0 Å². The minimum atomic E-state index is 0.382. The van der Waals surface area contributed by atoms with Crippen molar-refractivity contribution in [2.75, 3.05) is 5.32 Å². The van der Waals surface area contributed by atoms with Crippen LogP contribution in [0.15, 0.2) is 24.3 Å². The number of anilines is 2. The summed E-state index contributed by atoms with van der Waals surface area (Å²) >= 11 is 0. The van der Waals surface area contributed by atoms with Crippen molar-refractivity contribution in [2.45, 2.75) is 33.6 Å². The van der Waals surface area contributed by atoms with Gasteiger partial charge in [-0.25, -0.2) is 9.97 Å². The van der Waals surface area contributed by atoms with E-state index in [1.165, 1.54) is 11.1 Å². The molecule has 0 bridgehead atoms. The Balaban J connectivity index is 2.44. The lowest BCUT2D eigenvalue weighted by molar-refractivity contribution is 1.03. The second kappa shape index (κ2) is 6.16.